The van der Waals surface area contributed by atoms with Gasteiger partial charge in [0.05, 0.1) is 6.61 Å². The minimum atomic E-state index is -0.133. The van der Waals surface area contributed by atoms with Crippen molar-refractivity contribution in [1.82, 2.24) is 5.32 Å². The zero-order valence-electron chi connectivity index (χ0n) is 10.3. The molecule has 0 aliphatic carbocycles. The van der Waals surface area contributed by atoms with Gasteiger partial charge in [-0.1, -0.05) is 26.2 Å². The molecule has 0 bridgehead atoms. The summed E-state index contributed by atoms with van der Waals surface area (Å²) in [5, 5.41) is 2.88. The largest absolute Gasteiger partial charge is 0.353 e. The zero-order chi connectivity index (χ0) is 11.8. The molecule has 1 aliphatic heterocycles. The number of carbonyl (C=O) groups is 1. The SMILES string of the molecule is CCCCCCC(=O)NCC1COC(C)O1. The first-order chi connectivity index (χ1) is 7.72. The summed E-state index contributed by atoms with van der Waals surface area (Å²) in [7, 11) is 0. The van der Waals surface area contributed by atoms with Gasteiger partial charge in [-0.3, -0.25) is 4.79 Å². The van der Waals surface area contributed by atoms with Gasteiger partial charge >= 0.3 is 0 Å². The van der Waals surface area contributed by atoms with Gasteiger partial charge in [0.25, 0.3) is 0 Å². The van der Waals surface area contributed by atoms with Gasteiger partial charge in [-0.05, 0) is 13.3 Å². The van der Waals surface area contributed by atoms with Crippen LogP contribution in [-0.2, 0) is 14.3 Å². The van der Waals surface area contributed by atoms with Crippen molar-refractivity contribution in [3.05, 3.63) is 0 Å². The quantitative estimate of drug-likeness (QED) is 0.678. The van der Waals surface area contributed by atoms with Crippen molar-refractivity contribution >= 4 is 5.91 Å². The van der Waals surface area contributed by atoms with Gasteiger partial charge in [0.2, 0.25) is 5.91 Å². The second kappa shape index (κ2) is 7.63. The summed E-state index contributed by atoms with van der Waals surface area (Å²) >= 11 is 0. The van der Waals surface area contributed by atoms with Gasteiger partial charge in [-0.15, -0.1) is 0 Å². The molecule has 0 radical (unpaired) electrons. The van der Waals surface area contributed by atoms with Gasteiger partial charge in [0.1, 0.15) is 6.10 Å². The lowest BCUT2D eigenvalue weighted by Crippen LogP contribution is -2.33. The third kappa shape index (κ3) is 5.47. The summed E-state index contributed by atoms with van der Waals surface area (Å²) in [5.74, 6) is 0.124. The predicted molar refractivity (Wildman–Crippen MR) is 62.1 cm³/mol. The number of unbranched alkanes of at least 4 members (excludes halogenated alkanes) is 3. The van der Waals surface area contributed by atoms with Crippen molar-refractivity contribution in [1.29, 1.82) is 0 Å². The maximum Gasteiger partial charge on any atom is 0.220 e. The Bertz CT molecular complexity index is 208. The van der Waals surface area contributed by atoms with E-state index in [-0.39, 0.29) is 18.3 Å². The van der Waals surface area contributed by atoms with Crippen molar-refractivity contribution in [2.75, 3.05) is 13.2 Å². The molecular formula is C12H23NO3. The summed E-state index contributed by atoms with van der Waals surface area (Å²) in [5.41, 5.74) is 0. The van der Waals surface area contributed by atoms with Crippen molar-refractivity contribution < 1.29 is 14.3 Å². The Balaban J connectivity index is 1.97. The Hall–Kier alpha value is -0.610. The molecule has 1 N–H and O–H groups in total. The third-order valence-electron chi connectivity index (χ3n) is 2.69. The van der Waals surface area contributed by atoms with Crippen LogP contribution in [0.4, 0.5) is 0 Å². The maximum absolute atomic E-state index is 11.4. The molecule has 16 heavy (non-hydrogen) atoms. The highest BCUT2D eigenvalue weighted by molar-refractivity contribution is 5.75. The maximum atomic E-state index is 11.4. The second-order valence-corrected chi connectivity index (χ2v) is 4.27. The Labute approximate surface area is 97.7 Å². The Morgan fingerprint density at radius 1 is 1.38 bits per heavy atom. The van der Waals surface area contributed by atoms with E-state index in [1.54, 1.807) is 0 Å². The molecule has 2 atom stereocenters. The van der Waals surface area contributed by atoms with Crippen LogP contribution in [0.15, 0.2) is 0 Å². The fraction of sp³-hybridized carbons (Fsp3) is 0.917. The number of hydrogen-bond donors (Lipinski definition) is 1. The van der Waals surface area contributed by atoms with Crippen LogP contribution in [0.25, 0.3) is 0 Å². The fourth-order valence-corrected chi connectivity index (χ4v) is 1.73. The number of hydrogen-bond acceptors (Lipinski definition) is 3. The molecule has 4 heteroatoms. The fourth-order valence-electron chi connectivity index (χ4n) is 1.73. The van der Waals surface area contributed by atoms with Gasteiger partial charge < -0.3 is 14.8 Å². The highest BCUT2D eigenvalue weighted by Gasteiger charge is 2.22. The van der Waals surface area contributed by atoms with E-state index in [1.165, 1.54) is 12.8 Å². The zero-order valence-corrected chi connectivity index (χ0v) is 10.3. The van der Waals surface area contributed by atoms with Crippen molar-refractivity contribution in [3.63, 3.8) is 0 Å². The van der Waals surface area contributed by atoms with Gasteiger partial charge in [0, 0.05) is 13.0 Å². The molecule has 0 aromatic carbocycles. The minimum Gasteiger partial charge on any atom is -0.353 e. The number of nitrogens with one attached hydrogen (secondary N) is 1. The molecule has 1 amide bonds. The van der Waals surface area contributed by atoms with E-state index in [9.17, 15) is 4.79 Å². The normalized spacial score (nSPS) is 24.6. The highest BCUT2D eigenvalue weighted by atomic mass is 16.7. The van der Waals surface area contributed by atoms with E-state index < -0.39 is 0 Å². The van der Waals surface area contributed by atoms with Crippen LogP contribution in [0, 0.1) is 0 Å². The van der Waals surface area contributed by atoms with Crippen LogP contribution < -0.4 is 5.32 Å². The standard InChI is InChI=1S/C12H23NO3/c1-3-4-5-6-7-12(14)13-8-11-9-15-10(2)16-11/h10-11H,3-9H2,1-2H3,(H,13,14). The molecule has 4 nitrogen and oxygen atoms in total. The summed E-state index contributed by atoms with van der Waals surface area (Å²) in [6.07, 6.45) is 5.06. The summed E-state index contributed by atoms with van der Waals surface area (Å²) < 4.78 is 10.7. The van der Waals surface area contributed by atoms with E-state index in [0.29, 0.717) is 19.6 Å². The molecule has 0 saturated carbocycles. The molecule has 1 heterocycles. The molecule has 1 saturated heterocycles. The average Bonchev–Trinajstić information content (AvgIpc) is 2.68. The summed E-state index contributed by atoms with van der Waals surface area (Å²) in [4.78, 5) is 11.4. The predicted octanol–water partition coefficient (Wildman–Crippen LogP) is 1.83. The van der Waals surface area contributed by atoms with Crippen LogP contribution in [0.1, 0.15) is 46.0 Å². The number of rotatable bonds is 7. The van der Waals surface area contributed by atoms with Gasteiger partial charge in [-0.25, -0.2) is 0 Å². The van der Waals surface area contributed by atoms with Crippen LogP contribution in [0.5, 0.6) is 0 Å². The first kappa shape index (κ1) is 13.5. The molecule has 1 aliphatic rings. The molecule has 94 valence electrons. The molecule has 0 aromatic rings. The lowest BCUT2D eigenvalue weighted by atomic mass is 10.1. The van der Waals surface area contributed by atoms with E-state index >= 15 is 0 Å². The van der Waals surface area contributed by atoms with Gasteiger partial charge in [-0.2, -0.15) is 0 Å². The Kier molecular flexibility index (Phi) is 6.42. The molecule has 0 aromatic heterocycles. The van der Waals surface area contributed by atoms with Crippen molar-refractivity contribution in [2.45, 2.75) is 58.3 Å². The lowest BCUT2D eigenvalue weighted by molar-refractivity contribution is -0.121. The first-order valence-electron chi connectivity index (χ1n) is 6.26. The molecule has 1 rings (SSSR count). The Morgan fingerprint density at radius 2 is 2.19 bits per heavy atom. The Morgan fingerprint density at radius 3 is 2.81 bits per heavy atom. The van der Waals surface area contributed by atoms with Crippen LogP contribution in [0.2, 0.25) is 0 Å². The minimum absolute atomic E-state index is 0.0228. The number of carbonyl (C=O) groups excluding carboxylic acids is 1. The van der Waals surface area contributed by atoms with Crippen molar-refractivity contribution in [2.24, 2.45) is 0 Å². The first-order valence-corrected chi connectivity index (χ1v) is 6.26. The van der Waals surface area contributed by atoms with E-state index in [4.69, 9.17) is 9.47 Å². The summed E-state index contributed by atoms with van der Waals surface area (Å²) in [6, 6.07) is 0. The highest BCUT2D eigenvalue weighted by Crippen LogP contribution is 2.09. The van der Waals surface area contributed by atoms with Crippen LogP contribution >= 0.6 is 0 Å². The smallest absolute Gasteiger partial charge is 0.220 e. The monoisotopic (exact) mass is 229 g/mol. The van der Waals surface area contributed by atoms with E-state index in [1.807, 2.05) is 6.92 Å². The van der Waals surface area contributed by atoms with Gasteiger partial charge in [0.15, 0.2) is 6.29 Å². The van der Waals surface area contributed by atoms with Crippen LogP contribution in [-0.4, -0.2) is 31.5 Å². The van der Waals surface area contributed by atoms with Crippen LogP contribution in [0.3, 0.4) is 0 Å². The molecule has 2 unspecified atom stereocenters. The molecule has 1 fully saturated rings. The van der Waals surface area contributed by atoms with E-state index in [2.05, 4.69) is 12.2 Å². The van der Waals surface area contributed by atoms with Crippen molar-refractivity contribution in [3.8, 4) is 0 Å². The van der Waals surface area contributed by atoms with E-state index in [0.717, 1.165) is 12.8 Å². The average molecular weight is 229 g/mol. The third-order valence-corrected chi connectivity index (χ3v) is 2.69. The molecular weight excluding hydrogens is 206 g/mol. The lowest BCUT2D eigenvalue weighted by Gasteiger charge is -2.10. The topological polar surface area (TPSA) is 47.6 Å². The summed E-state index contributed by atoms with van der Waals surface area (Å²) in [6.45, 7) is 5.18. The number of amides is 1. The number of ether oxygens (including phenoxy) is 2. The second-order valence-electron chi connectivity index (χ2n) is 4.27. The molecule has 0 spiro atoms.